The first kappa shape index (κ1) is 8.27. The van der Waals surface area contributed by atoms with Gasteiger partial charge < -0.3 is 9.67 Å². The van der Waals surface area contributed by atoms with Crippen LogP contribution in [0.2, 0.25) is 0 Å². The van der Waals surface area contributed by atoms with Crippen molar-refractivity contribution in [3.63, 3.8) is 0 Å². The maximum atomic E-state index is 9.01. The highest BCUT2D eigenvalue weighted by molar-refractivity contribution is 4.91. The highest BCUT2D eigenvalue weighted by Crippen LogP contribution is 2.01. The molecule has 3 nitrogen and oxygen atoms in total. The molecule has 0 bridgehead atoms. The van der Waals surface area contributed by atoms with Crippen LogP contribution in [-0.2, 0) is 13.5 Å². The van der Waals surface area contributed by atoms with E-state index in [1.807, 2.05) is 17.8 Å². The molecule has 1 aromatic heterocycles. The average molecular weight is 154 g/mol. The van der Waals surface area contributed by atoms with Crippen LogP contribution in [0.1, 0.15) is 19.2 Å². The minimum atomic E-state index is -0.230. The van der Waals surface area contributed by atoms with Gasteiger partial charge in [0.05, 0.1) is 6.10 Å². The molecule has 1 heterocycles. The van der Waals surface area contributed by atoms with E-state index in [2.05, 4.69) is 4.98 Å². The van der Waals surface area contributed by atoms with E-state index in [9.17, 15) is 0 Å². The van der Waals surface area contributed by atoms with E-state index in [1.165, 1.54) is 0 Å². The summed E-state index contributed by atoms with van der Waals surface area (Å²) in [5.41, 5.74) is 0. The topological polar surface area (TPSA) is 38.1 Å². The van der Waals surface area contributed by atoms with E-state index < -0.39 is 0 Å². The molecule has 3 heteroatoms. The molecule has 1 aromatic rings. The molecular weight excluding hydrogens is 140 g/mol. The first-order chi connectivity index (χ1) is 5.20. The first-order valence-electron chi connectivity index (χ1n) is 3.84. The first-order valence-corrected chi connectivity index (χ1v) is 3.84. The molecular formula is C8H14N2O. The minimum Gasteiger partial charge on any atom is -0.393 e. The van der Waals surface area contributed by atoms with Gasteiger partial charge in [-0.3, -0.25) is 0 Å². The number of hydrogen-bond donors (Lipinski definition) is 1. The van der Waals surface area contributed by atoms with Gasteiger partial charge in [-0.05, 0) is 13.3 Å². The van der Waals surface area contributed by atoms with Crippen LogP contribution < -0.4 is 0 Å². The Morgan fingerprint density at radius 2 is 2.45 bits per heavy atom. The smallest absolute Gasteiger partial charge is 0.108 e. The minimum absolute atomic E-state index is 0.230. The number of aromatic nitrogens is 2. The van der Waals surface area contributed by atoms with Crippen LogP contribution in [0.3, 0.4) is 0 Å². The van der Waals surface area contributed by atoms with Crippen molar-refractivity contribution in [3.8, 4) is 0 Å². The summed E-state index contributed by atoms with van der Waals surface area (Å²) in [6, 6.07) is 0. The van der Waals surface area contributed by atoms with Gasteiger partial charge in [-0.15, -0.1) is 0 Å². The van der Waals surface area contributed by atoms with Gasteiger partial charge in [-0.25, -0.2) is 4.98 Å². The quantitative estimate of drug-likeness (QED) is 0.697. The van der Waals surface area contributed by atoms with Crippen LogP contribution in [0.5, 0.6) is 0 Å². The lowest BCUT2D eigenvalue weighted by Crippen LogP contribution is -2.05. The standard InChI is InChI=1S/C8H14N2O/c1-7(11)3-4-8-9-5-6-10(8)2/h5-7,11H,3-4H2,1-2H3. The molecule has 0 radical (unpaired) electrons. The number of aliphatic hydroxyl groups is 1. The Morgan fingerprint density at radius 1 is 1.73 bits per heavy atom. The monoisotopic (exact) mass is 154 g/mol. The molecule has 0 saturated carbocycles. The van der Waals surface area contributed by atoms with Gasteiger partial charge in [0.1, 0.15) is 5.82 Å². The van der Waals surface area contributed by atoms with Gasteiger partial charge in [-0.1, -0.05) is 0 Å². The van der Waals surface area contributed by atoms with Crippen LogP contribution in [0.15, 0.2) is 12.4 Å². The lowest BCUT2D eigenvalue weighted by atomic mass is 10.2. The Labute approximate surface area is 66.7 Å². The number of hydrogen-bond acceptors (Lipinski definition) is 2. The van der Waals surface area contributed by atoms with Gasteiger partial charge >= 0.3 is 0 Å². The number of nitrogens with zero attached hydrogens (tertiary/aromatic N) is 2. The van der Waals surface area contributed by atoms with E-state index in [0.29, 0.717) is 0 Å². The Kier molecular flexibility index (Phi) is 2.65. The largest absolute Gasteiger partial charge is 0.393 e. The van der Waals surface area contributed by atoms with E-state index >= 15 is 0 Å². The van der Waals surface area contributed by atoms with Crippen LogP contribution >= 0.6 is 0 Å². The number of aliphatic hydroxyl groups excluding tert-OH is 1. The highest BCUT2D eigenvalue weighted by Gasteiger charge is 2.00. The Balaban J connectivity index is 2.44. The molecule has 0 aliphatic rings. The lowest BCUT2D eigenvalue weighted by Gasteiger charge is -2.03. The second kappa shape index (κ2) is 3.53. The summed E-state index contributed by atoms with van der Waals surface area (Å²) in [7, 11) is 1.96. The van der Waals surface area contributed by atoms with E-state index in [-0.39, 0.29) is 6.10 Å². The molecule has 11 heavy (non-hydrogen) atoms. The summed E-state index contributed by atoms with van der Waals surface area (Å²) in [5.74, 6) is 1.03. The van der Waals surface area contributed by atoms with Gasteiger partial charge in [-0.2, -0.15) is 0 Å². The summed E-state index contributed by atoms with van der Waals surface area (Å²) in [4.78, 5) is 4.14. The molecule has 0 aliphatic heterocycles. The predicted molar refractivity (Wildman–Crippen MR) is 43.2 cm³/mol. The fourth-order valence-corrected chi connectivity index (χ4v) is 0.975. The summed E-state index contributed by atoms with van der Waals surface area (Å²) in [5, 5.41) is 9.01. The van der Waals surface area contributed by atoms with Crippen molar-refractivity contribution in [2.45, 2.75) is 25.9 Å². The van der Waals surface area contributed by atoms with Crippen molar-refractivity contribution >= 4 is 0 Å². The molecule has 1 atom stereocenters. The van der Waals surface area contributed by atoms with Crippen molar-refractivity contribution in [2.75, 3.05) is 0 Å². The van der Waals surface area contributed by atoms with Gasteiger partial charge in [0.2, 0.25) is 0 Å². The van der Waals surface area contributed by atoms with E-state index in [1.54, 1.807) is 13.1 Å². The number of imidazole rings is 1. The third kappa shape index (κ3) is 2.35. The van der Waals surface area contributed by atoms with Crippen molar-refractivity contribution in [1.82, 2.24) is 9.55 Å². The third-order valence-corrected chi connectivity index (χ3v) is 1.71. The SMILES string of the molecule is CC(O)CCc1nccn1C. The van der Waals surface area contributed by atoms with Gasteiger partial charge in [0.25, 0.3) is 0 Å². The Morgan fingerprint density at radius 3 is 2.91 bits per heavy atom. The van der Waals surface area contributed by atoms with Crippen molar-refractivity contribution < 1.29 is 5.11 Å². The van der Waals surface area contributed by atoms with Crippen molar-refractivity contribution in [2.24, 2.45) is 7.05 Å². The summed E-state index contributed by atoms with van der Waals surface area (Å²) in [6.07, 6.45) is 5.09. The fraction of sp³-hybridized carbons (Fsp3) is 0.625. The summed E-state index contributed by atoms with van der Waals surface area (Å²) < 4.78 is 1.97. The summed E-state index contributed by atoms with van der Waals surface area (Å²) in [6.45, 7) is 1.79. The second-order valence-corrected chi connectivity index (χ2v) is 2.84. The number of aryl methyl sites for hydroxylation is 2. The zero-order valence-corrected chi connectivity index (χ0v) is 6.99. The fourth-order valence-electron chi connectivity index (χ4n) is 0.975. The molecule has 0 fully saturated rings. The lowest BCUT2D eigenvalue weighted by molar-refractivity contribution is 0.184. The average Bonchev–Trinajstić information content (AvgIpc) is 2.31. The molecule has 0 aliphatic carbocycles. The zero-order chi connectivity index (χ0) is 8.27. The Bertz CT molecular complexity index is 218. The molecule has 0 aromatic carbocycles. The van der Waals surface area contributed by atoms with Crippen LogP contribution in [0, 0.1) is 0 Å². The predicted octanol–water partition coefficient (Wildman–Crippen LogP) is 0.734. The van der Waals surface area contributed by atoms with E-state index in [0.717, 1.165) is 18.7 Å². The second-order valence-electron chi connectivity index (χ2n) is 2.84. The molecule has 1 rings (SSSR count). The highest BCUT2D eigenvalue weighted by atomic mass is 16.3. The van der Waals surface area contributed by atoms with Crippen LogP contribution in [0.25, 0.3) is 0 Å². The molecule has 1 unspecified atom stereocenters. The maximum absolute atomic E-state index is 9.01. The van der Waals surface area contributed by atoms with Crippen LogP contribution in [0.4, 0.5) is 0 Å². The third-order valence-electron chi connectivity index (χ3n) is 1.71. The summed E-state index contributed by atoms with van der Waals surface area (Å²) >= 11 is 0. The number of rotatable bonds is 3. The Hall–Kier alpha value is -0.830. The van der Waals surface area contributed by atoms with Crippen LogP contribution in [-0.4, -0.2) is 20.8 Å². The van der Waals surface area contributed by atoms with E-state index in [4.69, 9.17) is 5.11 Å². The zero-order valence-electron chi connectivity index (χ0n) is 6.99. The van der Waals surface area contributed by atoms with Gasteiger partial charge in [0, 0.05) is 25.9 Å². The van der Waals surface area contributed by atoms with Crippen molar-refractivity contribution in [3.05, 3.63) is 18.2 Å². The van der Waals surface area contributed by atoms with Gasteiger partial charge in [0.15, 0.2) is 0 Å². The van der Waals surface area contributed by atoms with Crippen molar-refractivity contribution in [1.29, 1.82) is 0 Å². The molecule has 1 N–H and O–H groups in total. The molecule has 0 spiro atoms. The normalized spacial score (nSPS) is 13.4. The molecule has 0 amide bonds. The molecule has 0 saturated heterocycles. The maximum Gasteiger partial charge on any atom is 0.108 e. The molecule has 62 valence electrons.